The summed E-state index contributed by atoms with van der Waals surface area (Å²) in [6, 6.07) is 0. The second kappa shape index (κ2) is 5.46. The summed E-state index contributed by atoms with van der Waals surface area (Å²) in [5.41, 5.74) is 5.35. The lowest BCUT2D eigenvalue weighted by molar-refractivity contribution is 0.316. The largest absolute Gasteiger partial charge is 0.409 e. The van der Waals surface area contributed by atoms with Crippen LogP contribution >= 0.6 is 11.8 Å². The minimum atomic E-state index is 0.293. The van der Waals surface area contributed by atoms with E-state index < -0.39 is 0 Å². The van der Waals surface area contributed by atoms with Gasteiger partial charge in [-0.15, -0.1) is 0 Å². The van der Waals surface area contributed by atoms with E-state index in [1.54, 1.807) is 0 Å². The van der Waals surface area contributed by atoms with Crippen LogP contribution in [0.2, 0.25) is 0 Å². The number of thioether (sulfide) groups is 1. The fourth-order valence-electron chi connectivity index (χ4n) is 1.60. The van der Waals surface area contributed by atoms with Crippen molar-refractivity contribution in [3.63, 3.8) is 0 Å². The van der Waals surface area contributed by atoms with Crippen molar-refractivity contribution in [3.8, 4) is 0 Å². The van der Waals surface area contributed by atoms with Crippen LogP contribution in [0.4, 0.5) is 0 Å². The summed E-state index contributed by atoms with van der Waals surface area (Å²) < 4.78 is 0.394. The first-order valence-electron chi connectivity index (χ1n) is 4.97. The maximum Gasteiger partial charge on any atom is 0.140 e. The maximum atomic E-state index is 8.33. The zero-order valence-corrected chi connectivity index (χ0v) is 9.44. The van der Waals surface area contributed by atoms with Crippen molar-refractivity contribution in [2.24, 2.45) is 10.9 Å². The Hall–Kier alpha value is -0.420. The van der Waals surface area contributed by atoms with Gasteiger partial charge >= 0.3 is 0 Å². The van der Waals surface area contributed by atoms with Crippen molar-refractivity contribution < 1.29 is 5.21 Å². The van der Waals surface area contributed by atoms with Gasteiger partial charge in [0.05, 0.1) is 0 Å². The molecule has 0 spiro atoms. The highest BCUT2D eigenvalue weighted by Crippen LogP contribution is 2.36. The predicted octanol–water partition coefficient (Wildman–Crippen LogP) is 0.998. The maximum absolute atomic E-state index is 8.33. The molecule has 1 unspecified atom stereocenters. The molecular formula is C9H19N3OS. The van der Waals surface area contributed by atoms with Crippen molar-refractivity contribution in [3.05, 3.63) is 0 Å². The van der Waals surface area contributed by atoms with Gasteiger partial charge in [0.15, 0.2) is 0 Å². The average Bonchev–Trinajstić information content (AvgIpc) is 2.60. The van der Waals surface area contributed by atoms with E-state index in [2.05, 4.69) is 17.4 Å². The van der Waals surface area contributed by atoms with Crippen LogP contribution in [0.1, 0.15) is 26.2 Å². The Morgan fingerprint density at radius 2 is 2.50 bits per heavy atom. The summed E-state index contributed by atoms with van der Waals surface area (Å²) in [6.07, 6.45) is 3.22. The van der Waals surface area contributed by atoms with Gasteiger partial charge in [-0.1, -0.05) is 5.16 Å². The van der Waals surface area contributed by atoms with Crippen molar-refractivity contribution in [1.82, 2.24) is 5.32 Å². The molecule has 0 aromatic rings. The molecule has 1 atom stereocenters. The van der Waals surface area contributed by atoms with E-state index in [0.717, 1.165) is 13.1 Å². The van der Waals surface area contributed by atoms with Crippen LogP contribution in [0.3, 0.4) is 0 Å². The van der Waals surface area contributed by atoms with E-state index in [4.69, 9.17) is 10.9 Å². The average molecular weight is 217 g/mol. The monoisotopic (exact) mass is 217 g/mol. The van der Waals surface area contributed by atoms with E-state index in [1.165, 1.54) is 18.6 Å². The Bertz CT molecular complexity index is 202. The summed E-state index contributed by atoms with van der Waals surface area (Å²) in [7, 11) is 0. The molecule has 0 amide bonds. The molecule has 82 valence electrons. The number of oxime groups is 1. The third-order valence-corrected chi connectivity index (χ3v) is 4.02. The van der Waals surface area contributed by atoms with Gasteiger partial charge in [0.2, 0.25) is 0 Å². The fraction of sp³-hybridized carbons (Fsp3) is 0.889. The van der Waals surface area contributed by atoms with Gasteiger partial charge in [0, 0.05) is 24.3 Å². The lowest BCUT2D eigenvalue weighted by Gasteiger charge is -2.22. The SMILES string of the molecule is CC1(CNCCC(N)=NO)CCCS1. The lowest BCUT2D eigenvalue weighted by Crippen LogP contribution is -2.34. The van der Waals surface area contributed by atoms with Gasteiger partial charge in [0.25, 0.3) is 0 Å². The summed E-state index contributed by atoms with van der Waals surface area (Å²) >= 11 is 2.04. The minimum Gasteiger partial charge on any atom is -0.409 e. The highest BCUT2D eigenvalue weighted by atomic mass is 32.2. The molecule has 0 saturated carbocycles. The summed E-state index contributed by atoms with van der Waals surface area (Å²) in [6.45, 7) is 4.09. The van der Waals surface area contributed by atoms with Crippen LogP contribution < -0.4 is 11.1 Å². The number of nitrogens with one attached hydrogen (secondary N) is 1. The fourth-order valence-corrected chi connectivity index (χ4v) is 2.87. The van der Waals surface area contributed by atoms with E-state index in [1.807, 2.05) is 11.8 Å². The van der Waals surface area contributed by atoms with Gasteiger partial charge < -0.3 is 16.3 Å². The summed E-state index contributed by atoms with van der Waals surface area (Å²) in [5, 5.41) is 14.6. The van der Waals surface area contributed by atoms with Crippen LogP contribution in [-0.2, 0) is 0 Å². The topological polar surface area (TPSA) is 70.6 Å². The molecule has 0 aromatic heterocycles. The molecule has 1 rings (SSSR count). The third kappa shape index (κ3) is 3.75. The number of nitrogens with two attached hydrogens (primary N) is 1. The van der Waals surface area contributed by atoms with E-state index in [-0.39, 0.29) is 0 Å². The van der Waals surface area contributed by atoms with Crippen LogP contribution in [-0.4, -0.2) is 34.6 Å². The number of hydrogen-bond donors (Lipinski definition) is 3. The molecular weight excluding hydrogens is 198 g/mol. The van der Waals surface area contributed by atoms with Gasteiger partial charge in [0.1, 0.15) is 5.84 Å². The number of nitrogens with zero attached hydrogens (tertiary/aromatic N) is 1. The number of rotatable bonds is 5. The molecule has 14 heavy (non-hydrogen) atoms. The van der Waals surface area contributed by atoms with Crippen molar-refractivity contribution in [1.29, 1.82) is 0 Å². The zero-order chi connectivity index (χ0) is 10.4. The highest BCUT2D eigenvalue weighted by molar-refractivity contribution is 8.00. The Morgan fingerprint density at radius 1 is 1.71 bits per heavy atom. The molecule has 1 fully saturated rings. The first-order valence-corrected chi connectivity index (χ1v) is 5.96. The molecule has 5 heteroatoms. The van der Waals surface area contributed by atoms with E-state index >= 15 is 0 Å². The van der Waals surface area contributed by atoms with Gasteiger partial charge in [-0.25, -0.2) is 0 Å². The second-order valence-electron chi connectivity index (χ2n) is 3.92. The standard InChI is InChI=1S/C9H19N3OS/c1-9(4-2-6-14-9)7-11-5-3-8(10)12-13/h11,13H,2-7H2,1H3,(H2,10,12). The van der Waals surface area contributed by atoms with Gasteiger partial charge in [-0.2, -0.15) is 11.8 Å². The molecule has 1 aliphatic rings. The van der Waals surface area contributed by atoms with Crippen LogP contribution in [0.5, 0.6) is 0 Å². The Balaban J connectivity index is 2.09. The summed E-state index contributed by atoms with van der Waals surface area (Å²) in [5.74, 6) is 1.57. The lowest BCUT2D eigenvalue weighted by atomic mass is 10.1. The molecule has 1 saturated heterocycles. The third-order valence-electron chi connectivity index (χ3n) is 2.49. The van der Waals surface area contributed by atoms with Crippen LogP contribution in [0.15, 0.2) is 5.16 Å². The molecule has 4 nitrogen and oxygen atoms in total. The van der Waals surface area contributed by atoms with Crippen molar-refractivity contribution >= 4 is 17.6 Å². The normalized spacial score (nSPS) is 28.2. The van der Waals surface area contributed by atoms with E-state index in [9.17, 15) is 0 Å². The van der Waals surface area contributed by atoms with Gasteiger partial charge in [-0.3, -0.25) is 0 Å². The van der Waals surface area contributed by atoms with Gasteiger partial charge in [-0.05, 0) is 25.5 Å². The molecule has 1 aliphatic heterocycles. The van der Waals surface area contributed by atoms with Crippen molar-refractivity contribution in [2.75, 3.05) is 18.8 Å². The zero-order valence-electron chi connectivity index (χ0n) is 8.62. The van der Waals surface area contributed by atoms with Crippen LogP contribution in [0, 0.1) is 0 Å². The molecule has 0 aliphatic carbocycles. The minimum absolute atomic E-state index is 0.293. The molecule has 0 radical (unpaired) electrons. The molecule has 0 aromatic carbocycles. The smallest absolute Gasteiger partial charge is 0.140 e. The quantitative estimate of drug-likeness (QED) is 0.211. The first-order chi connectivity index (χ1) is 6.66. The highest BCUT2D eigenvalue weighted by Gasteiger charge is 2.28. The van der Waals surface area contributed by atoms with Crippen molar-refractivity contribution in [2.45, 2.75) is 30.9 Å². The molecule has 4 N–H and O–H groups in total. The second-order valence-corrected chi connectivity index (χ2v) is 5.60. The Labute approximate surface area is 89.3 Å². The first kappa shape index (κ1) is 11.7. The summed E-state index contributed by atoms with van der Waals surface area (Å²) in [4.78, 5) is 0. The number of amidine groups is 1. The van der Waals surface area contributed by atoms with E-state index in [0.29, 0.717) is 17.0 Å². The molecule has 0 bridgehead atoms. The Morgan fingerprint density at radius 3 is 3.07 bits per heavy atom. The van der Waals surface area contributed by atoms with Crippen LogP contribution in [0.25, 0.3) is 0 Å². The predicted molar refractivity (Wildman–Crippen MR) is 61.0 cm³/mol. The molecule has 1 heterocycles. The number of hydrogen-bond acceptors (Lipinski definition) is 4. The Kier molecular flexibility index (Phi) is 4.54.